The van der Waals surface area contributed by atoms with Crippen LogP contribution in [-0.4, -0.2) is 56.8 Å². The van der Waals surface area contributed by atoms with Crippen LogP contribution in [0.1, 0.15) is 29.8 Å². The molecule has 1 aliphatic rings. The highest BCUT2D eigenvalue weighted by Crippen LogP contribution is 2.27. The summed E-state index contributed by atoms with van der Waals surface area (Å²) in [5, 5.41) is 14.0. The molecule has 4 N–H and O–H groups in total. The number of likely N-dealkylation sites (tertiary alicyclic amines) is 1. The molecule has 1 aliphatic heterocycles. The Bertz CT molecular complexity index is 990. The highest BCUT2D eigenvalue weighted by Gasteiger charge is 2.22. The van der Waals surface area contributed by atoms with Gasteiger partial charge in [-0.2, -0.15) is 0 Å². The maximum atomic E-state index is 10.3. The van der Waals surface area contributed by atoms with Crippen molar-refractivity contribution < 1.29 is 5.11 Å². The van der Waals surface area contributed by atoms with Crippen molar-refractivity contribution in [3.8, 4) is 5.75 Å². The third-order valence-electron chi connectivity index (χ3n) is 5.73. The van der Waals surface area contributed by atoms with Gasteiger partial charge in [0.1, 0.15) is 11.4 Å². The van der Waals surface area contributed by atoms with E-state index in [4.69, 9.17) is 10.7 Å². The average Bonchev–Trinajstić information content (AvgIpc) is 3.05. The molecular formula is C22H30N6O. The Morgan fingerprint density at radius 2 is 1.93 bits per heavy atom. The average molecular weight is 395 g/mol. The molecule has 4 rings (SSSR count). The van der Waals surface area contributed by atoms with Crippen LogP contribution in [0, 0.1) is 13.8 Å². The number of hydrogen-bond acceptors (Lipinski definition) is 6. The van der Waals surface area contributed by atoms with E-state index in [0.717, 1.165) is 60.7 Å². The fourth-order valence-corrected chi connectivity index (χ4v) is 4.16. The highest BCUT2D eigenvalue weighted by molar-refractivity contribution is 5.82. The Hall–Kier alpha value is -2.64. The summed E-state index contributed by atoms with van der Waals surface area (Å²) in [4.78, 5) is 11.9. The number of para-hydroxylation sites is 1. The predicted octanol–water partition coefficient (Wildman–Crippen LogP) is 2.64. The number of rotatable bonds is 6. The summed E-state index contributed by atoms with van der Waals surface area (Å²) in [6, 6.07) is 10.1. The number of nitrogens with zero attached hydrogens (tertiary/aromatic N) is 4. The van der Waals surface area contributed by atoms with E-state index in [1.165, 1.54) is 0 Å². The number of imidazole rings is 1. The molecule has 0 aliphatic carbocycles. The number of nitrogens with two attached hydrogens (primary N) is 1. The number of nitrogens with one attached hydrogen (secondary N) is 1. The van der Waals surface area contributed by atoms with Gasteiger partial charge in [0.2, 0.25) is 5.95 Å². The zero-order chi connectivity index (χ0) is 20.4. The molecule has 0 saturated carbocycles. The Labute approximate surface area is 171 Å². The fourth-order valence-electron chi connectivity index (χ4n) is 4.16. The molecular weight excluding hydrogens is 364 g/mol. The molecule has 0 bridgehead atoms. The third kappa shape index (κ3) is 4.21. The number of benzene rings is 1. The van der Waals surface area contributed by atoms with Gasteiger partial charge in [-0.05, 0) is 50.5 Å². The molecule has 0 radical (unpaired) electrons. The standard InChI is InChI=1S/C22H30N6O/c1-15-4-3-5-18-21(15)28(14-19-20(29)7-6-16(2)24-19)22(26-18)25-17-8-11-27(12-9-17)13-10-23/h3-7,17,29H,8-14,23H2,1-2H3,(H,25,26). The number of aromatic hydroxyl groups is 1. The summed E-state index contributed by atoms with van der Waals surface area (Å²) in [5.41, 5.74) is 10.4. The van der Waals surface area contributed by atoms with Gasteiger partial charge in [0.15, 0.2) is 0 Å². The van der Waals surface area contributed by atoms with Gasteiger partial charge in [-0.15, -0.1) is 0 Å². The minimum absolute atomic E-state index is 0.215. The number of hydrogen-bond donors (Lipinski definition) is 3. The van der Waals surface area contributed by atoms with E-state index in [1.54, 1.807) is 6.07 Å². The molecule has 0 spiro atoms. The van der Waals surface area contributed by atoms with E-state index in [9.17, 15) is 5.11 Å². The van der Waals surface area contributed by atoms with Gasteiger partial charge in [0.05, 0.1) is 17.6 Å². The minimum atomic E-state index is 0.215. The normalized spacial score (nSPS) is 15.8. The van der Waals surface area contributed by atoms with Crippen molar-refractivity contribution in [2.45, 2.75) is 39.3 Å². The fraction of sp³-hybridized carbons (Fsp3) is 0.455. The quantitative estimate of drug-likeness (QED) is 0.595. The van der Waals surface area contributed by atoms with Crippen molar-refractivity contribution in [2.24, 2.45) is 5.73 Å². The van der Waals surface area contributed by atoms with Crippen LogP contribution >= 0.6 is 0 Å². The van der Waals surface area contributed by atoms with E-state index in [2.05, 4.69) is 32.8 Å². The molecule has 1 aromatic carbocycles. The smallest absolute Gasteiger partial charge is 0.204 e. The molecule has 0 amide bonds. The van der Waals surface area contributed by atoms with Crippen LogP contribution in [0.4, 0.5) is 5.95 Å². The summed E-state index contributed by atoms with van der Waals surface area (Å²) < 4.78 is 2.15. The first-order valence-corrected chi connectivity index (χ1v) is 10.4. The van der Waals surface area contributed by atoms with E-state index >= 15 is 0 Å². The van der Waals surface area contributed by atoms with Gasteiger partial charge >= 0.3 is 0 Å². The van der Waals surface area contributed by atoms with Gasteiger partial charge in [-0.1, -0.05) is 12.1 Å². The van der Waals surface area contributed by atoms with Crippen LogP contribution in [0.5, 0.6) is 5.75 Å². The minimum Gasteiger partial charge on any atom is -0.506 e. The number of aryl methyl sites for hydroxylation is 2. The second-order valence-electron chi connectivity index (χ2n) is 7.93. The SMILES string of the molecule is Cc1ccc(O)c(Cn2c(NC3CCN(CCN)CC3)nc3cccc(C)c32)n1. The second-order valence-corrected chi connectivity index (χ2v) is 7.93. The molecule has 7 heteroatoms. The lowest BCUT2D eigenvalue weighted by Gasteiger charge is -2.32. The number of fused-ring (bicyclic) bond motifs is 1. The number of piperidine rings is 1. The van der Waals surface area contributed by atoms with Gasteiger partial charge in [-0.3, -0.25) is 4.98 Å². The first-order chi connectivity index (χ1) is 14.0. The lowest BCUT2D eigenvalue weighted by Crippen LogP contribution is -2.41. The lowest BCUT2D eigenvalue weighted by atomic mass is 10.1. The number of aromatic nitrogens is 3. The first kappa shape index (κ1) is 19.7. The Kier molecular flexibility index (Phi) is 5.69. The zero-order valence-corrected chi connectivity index (χ0v) is 17.2. The molecule has 1 saturated heterocycles. The summed E-state index contributed by atoms with van der Waals surface area (Å²) in [5.74, 6) is 1.06. The van der Waals surface area contributed by atoms with Crippen LogP contribution in [0.3, 0.4) is 0 Å². The van der Waals surface area contributed by atoms with E-state index in [-0.39, 0.29) is 5.75 Å². The Morgan fingerprint density at radius 1 is 1.14 bits per heavy atom. The van der Waals surface area contributed by atoms with Crippen molar-refractivity contribution in [1.82, 2.24) is 19.4 Å². The number of pyridine rings is 1. The molecule has 29 heavy (non-hydrogen) atoms. The molecule has 3 aromatic rings. The molecule has 0 unspecified atom stereocenters. The number of anilines is 1. The summed E-state index contributed by atoms with van der Waals surface area (Å²) in [6.45, 7) is 8.28. The van der Waals surface area contributed by atoms with Crippen LogP contribution < -0.4 is 11.1 Å². The molecule has 0 atom stereocenters. The lowest BCUT2D eigenvalue weighted by molar-refractivity contribution is 0.224. The van der Waals surface area contributed by atoms with Crippen molar-refractivity contribution in [3.63, 3.8) is 0 Å². The first-order valence-electron chi connectivity index (χ1n) is 10.4. The molecule has 154 valence electrons. The third-order valence-corrected chi connectivity index (χ3v) is 5.73. The monoisotopic (exact) mass is 394 g/mol. The topological polar surface area (TPSA) is 92.2 Å². The highest BCUT2D eigenvalue weighted by atomic mass is 16.3. The molecule has 1 fully saturated rings. The molecule has 2 aromatic heterocycles. The molecule has 7 nitrogen and oxygen atoms in total. The van der Waals surface area contributed by atoms with E-state index in [0.29, 0.717) is 24.8 Å². The summed E-state index contributed by atoms with van der Waals surface area (Å²) in [7, 11) is 0. The van der Waals surface area contributed by atoms with Gasteiger partial charge < -0.3 is 25.6 Å². The van der Waals surface area contributed by atoms with Gasteiger partial charge in [0.25, 0.3) is 0 Å². The Morgan fingerprint density at radius 3 is 2.69 bits per heavy atom. The zero-order valence-electron chi connectivity index (χ0n) is 17.2. The van der Waals surface area contributed by atoms with Gasteiger partial charge in [-0.25, -0.2) is 4.98 Å². The van der Waals surface area contributed by atoms with E-state index in [1.807, 2.05) is 25.1 Å². The van der Waals surface area contributed by atoms with Gasteiger partial charge in [0, 0.05) is 37.9 Å². The summed E-state index contributed by atoms with van der Waals surface area (Å²) in [6.07, 6.45) is 2.13. The molecule has 3 heterocycles. The van der Waals surface area contributed by atoms with Crippen molar-refractivity contribution >= 4 is 17.0 Å². The maximum Gasteiger partial charge on any atom is 0.204 e. The summed E-state index contributed by atoms with van der Waals surface area (Å²) >= 11 is 0. The largest absolute Gasteiger partial charge is 0.506 e. The van der Waals surface area contributed by atoms with Crippen molar-refractivity contribution in [1.29, 1.82) is 0 Å². The van der Waals surface area contributed by atoms with E-state index < -0.39 is 0 Å². The van der Waals surface area contributed by atoms with Crippen LogP contribution in [0.15, 0.2) is 30.3 Å². The van der Waals surface area contributed by atoms with Crippen molar-refractivity contribution in [2.75, 3.05) is 31.5 Å². The van der Waals surface area contributed by atoms with Crippen LogP contribution in [0.25, 0.3) is 11.0 Å². The van der Waals surface area contributed by atoms with Crippen molar-refractivity contribution in [3.05, 3.63) is 47.3 Å². The maximum absolute atomic E-state index is 10.3. The Balaban J connectivity index is 1.64. The van der Waals surface area contributed by atoms with Crippen LogP contribution in [-0.2, 0) is 6.54 Å². The second kappa shape index (κ2) is 8.39. The predicted molar refractivity (Wildman–Crippen MR) is 116 cm³/mol. The van der Waals surface area contributed by atoms with Crippen LogP contribution in [0.2, 0.25) is 0 Å².